The van der Waals surface area contributed by atoms with Crippen molar-refractivity contribution < 1.29 is 18.7 Å². The Bertz CT molecular complexity index is 903. The Balaban J connectivity index is 1.86. The molecule has 1 heterocycles. The Morgan fingerprint density at radius 3 is 2.58 bits per heavy atom. The predicted octanol–water partition coefficient (Wildman–Crippen LogP) is 3.45. The van der Waals surface area contributed by atoms with Crippen LogP contribution in [-0.2, 0) is 11.3 Å². The zero-order chi connectivity index (χ0) is 18.4. The first-order valence-electron chi connectivity index (χ1n) is 8.22. The van der Waals surface area contributed by atoms with Crippen LogP contribution in [0.3, 0.4) is 0 Å². The van der Waals surface area contributed by atoms with Crippen molar-refractivity contribution in [2.45, 2.75) is 13.5 Å². The van der Waals surface area contributed by atoms with E-state index >= 15 is 0 Å². The molecule has 0 aliphatic rings. The highest BCUT2D eigenvalue weighted by atomic mass is 16.5. The molecule has 0 spiro atoms. The number of oxazole rings is 1. The van der Waals surface area contributed by atoms with E-state index in [0.717, 1.165) is 5.56 Å². The summed E-state index contributed by atoms with van der Waals surface area (Å²) in [5, 5.41) is 2.87. The molecule has 0 aliphatic carbocycles. The molecule has 2 aromatic carbocycles. The van der Waals surface area contributed by atoms with Crippen LogP contribution in [0, 0.1) is 0 Å². The molecule has 26 heavy (non-hydrogen) atoms. The first-order chi connectivity index (χ1) is 12.7. The van der Waals surface area contributed by atoms with Crippen molar-refractivity contribution in [2.24, 2.45) is 0 Å². The molecule has 3 rings (SSSR count). The van der Waals surface area contributed by atoms with Crippen LogP contribution in [0.15, 0.2) is 65.4 Å². The fourth-order valence-electron chi connectivity index (χ4n) is 2.53. The van der Waals surface area contributed by atoms with Crippen molar-refractivity contribution in [1.29, 1.82) is 0 Å². The first-order valence-corrected chi connectivity index (χ1v) is 8.22. The van der Waals surface area contributed by atoms with Gasteiger partial charge < -0.3 is 14.5 Å². The van der Waals surface area contributed by atoms with E-state index in [1.165, 1.54) is 6.39 Å². The molecule has 0 atom stereocenters. The molecule has 1 amide bonds. The highest BCUT2D eigenvalue weighted by Gasteiger charge is 2.23. The molecule has 0 radical (unpaired) electrons. The lowest BCUT2D eigenvalue weighted by atomic mass is 10.0. The number of benzene rings is 2. The molecule has 0 aliphatic heterocycles. The Kier molecular flexibility index (Phi) is 5.43. The van der Waals surface area contributed by atoms with Crippen molar-refractivity contribution >= 4 is 11.9 Å². The van der Waals surface area contributed by atoms with Gasteiger partial charge in [-0.25, -0.2) is 9.78 Å². The van der Waals surface area contributed by atoms with Crippen molar-refractivity contribution in [3.8, 4) is 11.3 Å². The Morgan fingerprint density at radius 1 is 1.08 bits per heavy atom. The normalized spacial score (nSPS) is 10.3. The fraction of sp³-hybridized carbons (Fsp3) is 0.150. The topological polar surface area (TPSA) is 81.4 Å². The average molecular weight is 350 g/mol. The van der Waals surface area contributed by atoms with E-state index in [-0.39, 0.29) is 24.0 Å². The number of aromatic nitrogens is 1. The number of carbonyl (C=O) groups is 2. The maximum atomic E-state index is 12.7. The van der Waals surface area contributed by atoms with Crippen LogP contribution in [0.4, 0.5) is 0 Å². The van der Waals surface area contributed by atoms with Crippen LogP contribution in [0.5, 0.6) is 0 Å². The molecule has 1 aromatic heterocycles. The molecule has 132 valence electrons. The van der Waals surface area contributed by atoms with E-state index in [0.29, 0.717) is 17.7 Å². The average Bonchev–Trinajstić information content (AvgIpc) is 3.17. The van der Waals surface area contributed by atoms with Gasteiger partial charge in [-0.2, -0.15) is 0 Å². The summed E-state index contributed by atoms with van der Waals surface area (Å²) in [5.74, 6) is -0.639. The van der Waals surface area contributed by atoms with Crippen LogP contribution in [0.1, 0.15) is 33.3 Å². The van der Waals surface area contributed by atoms with E-state index in [9.17, 15) is 9.59 Å². The molecule has 6 nitrogen and oxygen atoms in total. The zero-order valence-electron chi connectivity index (χ0n) is 14.3. The maximum absolute atomic E-state index is 12.7. The molecule has 3 aromatic rings. The van der Waals surface area contributed by atoms with E-state index in [4.69, 9.17) is 9.15 Å². The number of nitrogens with zero attached hydrogens (tertiary/aromatic N) is 1. The third-order valence-electron chi connectivity index (χ3n) is 3.75. The van der Waals surface area contributed by atoms with Gasteiger partial charge in [0.1, 0.15) is 0 Å². The number of esters is 1. The van der Waals surface area contributed by atoms with E-state index in [1.807, 2.05) is 30.3 Å². The van der Waals surface area contributed by atoms with Crippen LogP contribution >= 0.6 is 0 Å². The summed E-state index contributed by atoms with van der Waals surface area (Å²) in [6.45, 7) is 2.34. The third-order valence-corrected chi connectivity index (χ3v) is 3.75. The summed E-state index contributed by atoms with van der Waals surface area (Å²) in [6.07, 6.45) is 1.17. The predicted molar refractivity (Wildman–Crippen MR) is 95.5 cm³/mol. The van der Waals surface area contributed by atoms with Gasteiger partial charge in [0.2, 0.25) is 0 Å². The second kappa shape index (κ2) is 8.11. The first kappa shape index (κ1) is 17.4. The summed E-state index contributed by atoms with van der Waals surface area (Å²) in [5.41, 5.74) is 1.92. The van der Waals surface area contributed by atoms with Gasteiger partial charge in [0.25, 0.3) is 5.91 Å². The summed E-state index contributed by atoms with van der Waals surface area (Å²) in [6, 6.07) is 16.5. The number of rotatable bonds is 6. The molecular formula is C20H18N2O4. The quantitative estimate of drug-likeness (QED) is 0.689. The number of carbonyl (C=O) groups excluding carboxylic acids is 2. The highest BCUT2D eigenvalue weighted by Crippen LogP contribution is 2.27. The number of nitrogens with one attached hydrogen (secondary N) is 1. The highest BCUT2D eigenvalue weighted by molar-refractivity contribution is 6.03. The zero-order valence-corrected chi connectivity index (χ0v) is 14.3. The van der Waals surface area contributed by atoms with E-state index in [1.54, 1.807) is 31.2 Å². The summed E-state index contributed by atoms with van der Waals surface area (Å²) in [7, 11) is 0. The van der Waals surface area contributed by atoms with Gasteiger partial charge in [-0.15, -0.1) is 0 Å². The number of hydrogen-bond donors (Lipinski definition) is 1. The van der Waals surface area contributed by atoms with E-state index in [2.05, 4.69) is 10.3 Å². The van der Waals surface area contributed by atoms with Crippen molar-refractivity contribution in [3.63, 3.8) is 0 Å². The molecule has 0 bridgehead atoms. The lowest BCUT2D eigenvalue weighted by Crippen LogP contribution is -2.23. The molecule has 0 saturated heterocycles. The number of hydrogen-bond acceptors (Lipinski definition) is 5. The minimum Gasteiger partial charge on any atom is -0.461 e. The Hall–Kier alpha value is -3.41. The molecule has 6 heteroatoms. The summed E-state index contributed by atoms with van der Waals surface area (Å²) >= 11 is 0. The SMILES string of the molecule is CCOC(=O)c1ncoc1-c1ccccc1C(=O)NCc1ccccc1. The van der Waals surface area contributed by atoms with Gasteiger partial charge in [-0.05, 0) is 18.6 Å². The maximum Gasteiger partial charge on any atom is 0.360 e. The third kappa shape index (κ3) is 3.80. The second-order valence-electron chi connectivity index (χ2n) is 5.46. The van der Waals surface area contributed by atoms with Crippen molar-refractivity contribution in [3.05, 3.63) is 77.8 Å². The van der Waals surface area contributed by atoms with Crippen LogP contribution in [0.25, 0.3) is 11.3 Å². The van der Waals surface area contributed by atoms with Crippen LogP contribution in [0.2, 0.25) is 0 Å². The fourth-order valence-corrected chi connectivity index (χ4v) is 2.53. The molecule has 0 fully saturated rings. The van der Waals surface area contributed by atoms with Crippen LogP contribution in [-0.4, -0.2) is 23.5 Å². The van der Waals surface area contributed by atoms with Crippen molar-refractivity contribution in [1.82, 2.24) is 10.3 Å². The minimum absolute atomic E-state index is 0.0511. The molecule has 0 unspecified atom stereocenters. The minimum atomic E-state index is -0.587. The molecule has 0 saturated carbocycles. The lowest BCUT2D eigenvalue weighted by molar-refractivity contribution is 0.0520. The molecule has 1 N–H and O–H groups in total. The smallest absolute Gasteiger partial charge is 0.360 e. The van der Waals surface area contributed by atoms with Gasteiger partial charge in [0, 0.05) is 12.1 Å². The Labute approximate surface area is 150 Å². The largest absolute Gasteiger partial charge is 0.461 e. The summed E-state index contributed by atoms with van der Waals surface area (Å²) in [4.78, 5) is 28.6. The van der Waals surface area contributed by atoms with Gasteiger partial charge >= 0.3 is 5.97 Å². The number of amides is 1. The second-order valence-corrected chi connectivity index (χ2v) is 5.46. The number of ether oxygens (including phenoxy) is 1. The molecular weight excluding hydrogens is 332 g/mol. The standard InChI is InChI=1S/C20H18N2O4/c1-2-25-20(24)17-18(26-13-22-17)15-10-6-7-11-16(15)19(23)21-12-14-8-4-3-5-9-14/h3-11,13H,2,12H2,1H3,(H,21,23). The Morgan fingerprint density at radius 2 is 1.81 bits per heavy atom. The summed E-state index contributed by atoms with van der Waals surface area (Å²) < 4.78 is 10.4. The van der Waals surface area contributed by atoms with Crippen molar-refractivity contribution in [2.75, 3.05) is 6.61 Å². The monoisotopic (exact) mass is 350 g/mol. The van der Waals surface area contributed by atoms with Crippen LogP contribution < -0.4 is 5.32 Å². The van der Waals surface area contributed by atoms with Gasteiger partial charge in [-0.1, -0.05) is 48.5 Å². The van der Waals surface area contributed by atoms with E-state index < -0.39 is 5.97 Å². The lowest BCUT2D eigenvalue weighted by Gasteiger charge is -2.09. The van der Waals surface area contributed by atoms with Gasteiger partial charge in [0.05, 0.1) is 12.2 Å². The van der Waals surface area contributed by atoms with Gasteiger partial charge in [-0.3, -0.25) is 4.79 Å². The van der Waals surface area contributed by atoms with Gasteiger partial charge in [0.15, 0.2) is 17.8 Å².